The molecule has 0 radical (unpaired) electrons. The topological polar surface area (TPSA) is 29.3 Å². The Labute approximate surface area is 125 Å². The van der Waals surface area contributed by atoms with Crippen molar-refractivity contribution in [2.45, 2.75) is 44.4 Å². The molecule has 0 heterocycles. The first-order chi connectivity index (χ1) is 9.26. The van der Waals surface area contributed by atoms with Gasteiger partial charge in [0.15, 0.2) is 0 Å². The van der Waals surface area contributed by atoms with E-state index in [4.69, 9.17) is 5.73 Å². The molecule has 0 aliphatic heterocycles. The van der Waals surface area contributed by atoms with E-state index in [9.17, 15) is 13.2 Å². The molecule has 2 rings (SSSR count). The Balaban J connectivity index is 2.21. The van der Waals surface area contributed by atoms with Gasteiger partial charge in [0, 0.05) is 16.6 Å². The van der Waals surface area contributed by atoms with Crippen LogP contribution in [0.5, 0.6) is 0 Å². The van der Waals surface area contributed by atoms with Gasteiger partial charge in [0.1, 0.15) is 6.54 Å². The molecule has 0 spiro atoms. The fraction of sp³-hybridized carbons (Fsp3) is 0.571. The van der Waals surface area contributed by atoms with E-state index in [1.807, 2.05) is 19.1 Å². The van der Waals surface area contributed by atoms with Gasteiger partial charge in [-0.15, -0.1) is 0 Å². The molecule has 2 nitrogen and oxygen atoms in total. The number of nitrogens with two attached hydrogens (primary N) is 1. The molecule has 2 N–H and O–H groups in total. The predicted octanol–water partition coefficient (Wildman–Crippen LogP) is 3.87. The molecule has 6 heteroatoms. The molecular formula is C14H18BrF3N2. The van der Waals surface area contributed by atoms with E-state index in [-0.39, 0.29) is 12.1 Å². The van der Waals surface area contributed by atoms with Crippen molar-refractivity contribution in [1.29, 1.82) is 0 Å². The first-order valence-corrected chi connectivity index (χ1v) is 7.43. The van der Waals surface area contributed by atoms with E-state index in [0.717, 1.165) is 18.4 Å². The van der Waals surface area contributed by atoms with Crippen molar-refractivity contribution >= 4 is 21.6 Å². The molecule has 1 aliphatic rings. The van der Waals surface area contributed by atoms with Crippen LogP contribution in [0, 0.1) is 0 Å². The van der Waals surface area contributed by atoms with Crippen molar-refractivity contribution in [3.05, 3.63) is 28.2 Å². The molecule has 1 saturated carbocycles. The third-order valence-electron chi connectivity index (χ3n) is 3.22. The van der Waals surface area contributed by atoms with E-state index in [1.54, 1.807) is 6.07 Å². The molecule has 20 heavy (non-hydrogen) atoms. The lowest BCUT2D eigenvalue weighted by molar-refractivity contribution is -0.120. The second kappa shape index (κ2) is 5.93. The molecule has 112 valence electrons. The van der Waals surface area contributed by atoms with Crippen LogP contribution in [0.15, 0.2) is 22.7 Å². The highest BCUT2D eigenvalue weighted by Gasteiger charge is 2.38. The molecule has 0 aromatic heterocycles. The predicted molar refractivity (Wildman–Crippen MR) is 77.9 cm³/mol. The summed E-state index contributed by atoms with van der Waals surface area (Å²) in [5.74, 6) is 0. The molecule has 1 fully saturated rings. The Morgan fingerprint density at radius 3 is 2.50 bits per heavy atom. The Morgan fingerprint density at radius 1 is 1.40 bits per heavy atom. The molecule has 0 bridgehead atoms. The van der Waals surface area contributed by atoms with E-state index in [0.29, 0.717) is 16.6 Å². The van der Waals surface area contributed by atoms with Gasteiger partial charge in [0.25, 0.3) is 0 Å². The monoisotopic (exact) mass is 350 g/mol. The standard InChI is InChI=1S/C14H18BrF3N2/c1-9(19)6-10-2-5-13(12(15)7-10)20(11-3-4-11)8-14(16,17)18/h2,5,7,9,11H,3-4,6,8,19H2,1H3. The highest BCUT2D eigenvalue weighted by atomic mass is 79.9. The maximum absolute atomic E-state index is 12.7. The molecule has 1 aromatic rings. The van der Waals surface area contributed by atoms with Gasteiger partial charge in [-0.05, 0) is 59.8 Å². The SMILES string of the molecule is CC(N)Cc1ccc(N(CC(F)(F)F)C2CC2)c(Br)c1. The average molecular weight is 351 g/mol. The van der Waals surface area contributed by atoms with Crippen LogP contribution in [0.1, 0.15) is 25.3 Å². The van der Waals surface area contributed by atoms with E-state index >= 15 is 0 Å². The number of nitrogens with zero attached hydrogens (tertiary/aromatic N) is 1. The fourth-order valence-corrected chi connectivity index (χ4v) is 2.93. The van der Waals surface area contributed by atoms with E-state index in [1.165, 1.54) is 4.90 Å². The van der Waals surface area contributed by atoms with Gasteiger partial charge in [-0.3, -0.25) is 0 Å². The summed E-state index contributed by atoms with van der Waals surface area (Å²) in [6, 6.07) is 5.51. The lowest BCUT2D eigenvalue weighted by Crippen LogP contribution is -2.36. The van der Waals surface area contributed by atoms with Gasteiger partial charge >= 0.3 is 6.18 Å². The fourth-order valence-electron chi connectivity index (χ4n) is 2.27. The van der Waals surface area contributed by atoms with Crippen molar-refractivity contribution < 1.29 is 13.2 Å². The second-order valence-corrected chi connectivity index (χ2v) is 6.30. The van der Waals surface area contributed by atoms with Crippen molar-refractivity contribution in [2.75, 3.05) is 11.4 Å². The van der Waals surface area contributed by atoms with Gasteiger partial charge in [-0.2, -0.15) is 13.2 Å². The quantitative estimate of drug-likeness (QED) is 0.873. The van der Waals surface area contributed by atoms with Crippen molar-refractivity contribution in [3.63, 3.8) is 0 Å². The van der Waals surface area contributed by atoms with Gasteiger partial charge < -0.3 is 10.6 Å². The summed E-state index contributed by atoms with van der Waals surface area (Å²) in [5, 5.41) is 0. The Kier molecular flexibility index (Phi) is 4.64. The maximum atomic E-state index is 12.7. The summed E-state index contributed by atoms with van der Waals surface area (Å²) in [5.41, 5.74) is 7.38. The summed E-state index contributed by atoms with van der Waals surface area (Å²) in [4.78, 5) is 1.44. The summed E-state index contributed by atoms with van der Waals surface area (Å²) < 4.78 is 38.8. The lowest BCUT2D eigenvalue weighted by Gasteiger charge is -2.27. The Morgan fingerprint density at radius 2 is 2.05 bits per heavy atom. The maximum Gasteiger partial charge on any atom is 0.405 e. The number of benzene rings is 1. The Hall–Kier alpha value is -0.750. The van der Waals surface area contributed by atoms with Crippen LogP contribution in [-0.2, 0) is 6.42 Å². The summed E-state index contributed by atoms with van der Waals surface area (Å²) >= 11 is 3.39. The van der Waals surface area contributed by atoms with Crippen LogP contribution in [-0.4, -0.2) is 24.8 Å². The van der Waals surface area contributed by atoms with Crippen LogP contribution in [0.4, 0.5) is 18.9 Å². The zero-order valence-electron chi connectivity index (χ0n) is 11.3. The second-order valence-electron chi connectivity index (χ2n) is 5.44. The van der Waals surface area contributed by atoms with Crippen LogP contribution in [0.25, 0.3) is 0 Å². The molecular weight excluding hydrogens is 333 g/mol. The Bertz CT molecular complexity index is 470. The molecule has 1 unspecified atom stereocenters. The van der Waals surface area contributed by atoms with Crippen LogP contribution in [0.2, 0.25) is 0 Å². The number of rotatable bonds is 5. The normalized spacial score (nSPS) is 17.1. The molecule has 0 saturated heterocycles. The van der Waals surface area contributed by atoms with Crippen molar-refractivity contribution in [1.82, 2.24) is 0 Å². The van der Waals surface area contributed by atoms with Crippen molar-refractivity contribution in [3.8, 4) is 0 Å². The molecule has 1 atom stereocenters. The largest absolute Gasteiger partial charge is 0.405 e. The summed E-state index contributed by atoms with van der Waals surface area (Å²) in [6.45, 7) is 1.00. The molecule has 1 aliphatic carbocycles. The van der Waals surface area contributed by atoms with Crippen LogP contribution in [0.3, 0.4) is 0 Å². The first kappa shape index (κ1) is 15.6. The van der Waals surface area contributed by atoms with E-state index in [2.05, 4.69) is 15.9 Å². The minimum atomic E-state index is -4.19. The van der Waals surface area contributed by atoms with Crippen LogP contribution >= 0.6 is 15.9 Å². The number of alkyl halides is 3. The highest BCUT2D eigenvalue weighted by molar-refractivity contribution is 9.10. The van der Waals surface area contributed by atoms with Crippen LogP contribution < -0.4 is 10.6 Å². The van der Waals surface area contributed by atoms with Crippen molar-refractivity contribution in [2.24, 2.45) is 5.73 Å². The number of anilines is 1. The third-order valence-corrected chi connectivity index (χ3v) is 3.85. The lowest BCUT2D eigenvalue weighted by atomic mass is 10.1. The average Bonchev–Trinajstić information content (AvgIpc) is 3.08. The molecule has 0 amide bonds. The van der Waals surface area contributed by atoms with Gasteiger partial charge in [-0.25, -0.2) is 0 Å². The van der Waals surface area contributed by atoms with Gasteiger partial charge in [-0.1, -0.05) is 6.07 Å². The van der Waals surface area contributed by atoms with E-state index < -0.39 is 12.7 Å². The number of hydrogen-bond donors (Lipinski definition) is 1. The summed E-state index contributed by atoms with van der Waals surface area (Å²) in [7, 11) is 0. The molecule has 1 aromatic carbocycles. The minimum absolute atomic E-state index is 0.00667. The van der Waals surface area contributed by atoms with Gasteiger partial charge in [0.2, 0.25) is 0 Å². The summed E-state index contributed by atoms with van der Waals surface area (Å²) in [6.07, 6.45) is -1.83. The minimum Gasteiger partial charge on any atom is -0.359 e. The smallest absolute Gasteiger partial charge is 0.359 e. The zero-order chi connectivity index (χ0) is 14.9. The zero-order valence-corrected chi connectivity index (χ0v) is 12.8. The highest BCUT2D eigenvalue weighted by Crippen LogP contribution is 2.38. The number of halogens is 4. The first-order valence-electron chi connectivity index (χ1n) is 6.63. The number of hydrogen-bond acceptors (Lipinski definition) is 2. The van der Waals surface area contributed by atoms with Gasteiger partial charge in [0.05, 0.1) is 5.69 Å². The third kappa shape index (κ3) is 4.38.